The van der Waals surface area contributed by atoms with Gasteiger partial charge >= 0.3 is 0 Å². The van der Waals surface area contributed by atoms with Crippen LogP contribution >= 0.6 is 34.0 Å². The monoisotopic (exact) mass is 240 g/mol. The number of halogens is 2. The molecule has 1 rings (SSSR count). The minimum absolute atomic E-state index is 0. The van der Waals surface area contributed by atoms with E-state index in [0.29, 0.717) is 0 Å². The van der Waals surface area contributed by atoms with Gasteiger partial charge in [0.2, 0.25) is 0 Å². The second-order valence-electron chi connectivity index (χ2n) is 0.904. The van der Waals surface area contributed by atoms with Crippen LogP contribution in [0, 0.1) is 0 Å². The zero-order valence-electron chi connectivity index (χ0n) is 4.02. The molecule has 0 saturated carbocycles. The Labute approximate surface area is 68.9 Å². The molecule has 46 valence electrons. The highest BCUT2D eigenvalue weighted by Crippen LogP contribution is 1.66. The van der Waals surface area contributed by atoms with E-state index in [1.165, 1.54) is 6.33 Å². The first-order valence-electron chi connectivity index (χ1n) is 1.70. The molecule has 0 N–H and O–H groups in total. The normalized spacial score (nSPS) is 6.00. The average molecular weight is 242 g/mol. The van der Waals surface area contributed by atoms with E-state index in [1.54, 1.807) is 18.5 Å². The molecule has 0 radical (unpaired) electrons. The molecule has 0 spiro atoms. The van der Waals surface area contributed by atoms with Crippen LogP contribution in [0.25, 0.3) is 0 Å². The van der Waals surface area contributed by atoms with Gasteiger partial charge in [-0.05, 0) is 6.07 Å². The molecule has 0 atom stereocenters. The quantitative estimate of drug-likeness (QED) is 0.690. The largest absolute Gasteiger partial charge is 0.245 e. The summed E-state index contributed by atoms with van der Waals surface area (Å²) in [4.78, 5) is 7.35. The minimum Gasteiger partial charge on any atom is -0.245 e. The molecule has 1 heterocycles. The lowest BCUT2D eigenvalue weighted by molar-refractivity contribution is 1.17. The molecule has 0 bridgehead atoms. The van der Waals surface area contributed by atoms with E-state index in [2.05, 4.69) is 9.97 Å². The summed E-state index contributed by atoms with van der Waals surface area (Å²) < 4.78 is 0. The van der Waals surface area contributed by atoms with Crippen LogP contribution in [-0.4, -0.2) is 9.97 Å². The van der Waals surface area contributed by atoms with Crippen LogP contribution in [0.3, 0.4) is 0 Å². The molecule has 1 aromatic heterocycles. The van der Waals surface area contributed by atoms with Gasteiger partial charge in [0.15, 0.2) is 0 Å². The molecule has 0 aliphatic carbocycles. The SMILES string of the molecule is Br.Br.c1cncnc1. The predicted molar refractivity (Wildman–Crippen MR) is 42.7 cm³/mol. The Kier molecular flexibility index (Phi) is 9.61. The summed E-state index contributed by atoms with van der Waals surface area (Å²) in [6.07, 6.45) is 4.88. The lowest BCUT2D eigenvalue weighted by Gasteiger charge is -1.70. The third kappa shape index (κ3) is 4.21. The van der Waals surface area contributed by atoms with Gasteiger partial charge < -0.3 is 0 Å². The summed E-state index contributed by atoms with van der Waals surface area (Å²) in [5, 5.41) is 0. The molecular formula is C4H6Br2N2. The van der Waals surface area contributed by atoms with Crippen LogP contribution in [0.4, 0.5) is 0 Å². The van der Waals surface area contributed by atoms with E-state index in [-0.39, 0.29) is 34.0 Å². The molecule has 2 nitrogen and oxygen atoms in total. The van der Waals surface area contributed by atoms with Crippen molar-refractivity contribution in [1.29, 1.82) is 0 Å². The zero-order chi connectivity index (χ0) is 4.24. The Morgan fingerprint density at radius 3 is 1.50 bits per heavy atom. The first kappa shape index (κ1) is 10.9. The lowest BCUT2D eigenvalue weighted by Crippen LogP contribution is -1.66. The molecule has 4 heteroatoms. The van der Waals surface area contributed by atoms with Gasteiger partial charge in [0.25, 0.3) is 0 Å². The lowest BCUT2D eigenvalue weighted by atomic mass is 10.7. The molecule has 8 heavy (non-hydrogen) atoms. The highest BCUT2D eigenvalue weighted by molar-refractivity contribution is 8.93. The standard InChI is InChI=1S/C4H4N2.2BrH/c1-2-5-4-6-3-1;;/h1-4H;2*1H. The summed E-state index contributed by atoms with van der Waals surface area (Å²) >= 11 is 0. The fourth-order valence-electron chi connectivity index (χ4n) is 0.253. The summed E-state index contributed by atoms with van der Waals surface area (Å²) in [5.41, 5.74) is 0. The van der Waals surface area contributed by atoms with Gasteiger partial charge in [0, 0.05) is 12.4 Å². The Bertz CT molecular complexity index is 84.0. The molecule has 0 aliphatic heterocycles. The third-order valence-corrected chi connectivity index (χ3v) is 0.478. The van der Waals surface area contributed by atoms with Crippen LogP contribution in [0.15, 0.2) is 24.8 Å². The molecule has 0 aromatic carbocycles. The number of nitrogens with zero attached hydrogens (tertiary/aromatic N) is 2. The van der Waals surface area contributed by atoms with Crippen molar-refractivity contribution in [2.45, 2.75) is 0 Å². The maximum Gasteiger partial charge on any atom is 0.115 e. The van der Waals surface area contributed by atoms with E-state index >= 15 is 0 Å². The number of hydrogen-bond acceptors (Lipinski definition) is 2. The van der Waals surface area contributed by atoms with Gasteiger partial charge in [-0.3, -0.25) is 0 Å². The van der Waals surface area contributed by atoms with Crippen LogP contribution in [0.2, 0.25) is 0 Å². The molecule has 0 fully saturated rings. The molecule has 0 amide bonds. The van der Waals surface area contributed by atoms with Crippen molar-refractivity contribution in [3.63, 3.8) is 0 Å². The van der Waals surface area contributed by atoms with Gasteiger partial charge in [-0.25, -0.2) is 9.97 Å². The smallest absolute Gasteiger partial charge is 0.115 e. The Balaban J connectivity index is 0. The second kappa shape index (κ2) is 7.04. The van der Waals surface area contributed by atoms with Crippen molar-refractivity contribution >= 4 is 34.0 Å². The first-order valence-corrected chi connectivity index (χ1v) is 1.70. The van der Waals surface area contributed by atoms with Gasteiger partial charge in [0.05, 0.1) is 0 Å². The average Bonchev–Trinajstić information content (AvgIpc) is 1.72. The molecule has 0 saturated heterocycles. The molecule has 0 aliphatic rings. The summed E-state index contributed by atoms with van der Waals surface area (Å²) in [5.74, 6) is 0. The van der Waals surface area contributed by atoms with Crippen molar-refractivity contribution in [3.05, 3.63) is 24.8 Å². The van der Waals surface area contributed by atoms with Crippen molar-refractivity contribution in [2.24, 2.45) is 0 Å². The van der Waals surface area contributed by atoms with Gasteiger partial charge in [-0.2, -0.15) is 0 Å². The molecule has 1 aromatic rings. The highest BCUT2D eigenvalue weighted by atomic mass is 79.9. The fourth-order valence-corrected chi connectivity index (χ4v) is 0.253. The third-order valence-electron chi connectivity index (χ3n) is 0.478. The zero-order valence-corrected chi connectivity index (χ0v) is 7.45. The number of hydrogen-bond donors (Lipinski definition) is 0. The fraction of sp³-hybridized carbons (Fsp3) is 0. The van der Waals surface area contributed by atoms with E-state index < -0.39 is 0 Å². The van der Waals surface area contributed by atoms with Crippen molar-refractivity contribution < 1.29 is 0 Å². The van der Waals surface area contributed by atoms with Crippen LogP contribution in [0.5, 0.6) is 0 Å². The highest BCUT2D eigenvalue weighted by Gasteiger charge is 1.59. The Morgan fingerprint density at radius 2 is 1.38 bits per heavy atom. The minimum atomic E-state index is 0. The van der Waals surface area contributed by atoms with Gasteiger partial charge in [0.1, 0.15) is 6.33 Å². The summed E-state index contributed by atoms with van der Waals surface area (Å²) in [7, 11) is 0. The van der Waals surface area contributed by atoms with E-state index in [1.807, 2.05) is 0 Å². The molecule has 0 unspecified atom stereocenters. The van der Waals surface area contributed by atoms with E-state index in [4.69, 9.17) is 0 Å². The second-order valence-corrected chi connectivity index (χ2v) is 0.904. The van der Waals surface area contributed by atoms with Crippen molar-refractivity contribution in [1.82, 2.24) is 9.97 Å². The van der Waals surface area contributed by atoms with Crippen LogP contribution in [0.1, 0.15) is 0 Å². The molecular weight excluding hydrogens is 236 g/mol. The summed E-state index contributed by atoms with van der Waals surface area (Å²) in [6, 6.07) is 1.78. The van der Waals surface area contributed by atoms with Gasteiger partial charge in [-0.15, -0.1) is 34.0 Å². The maximum absolute atomic E-state index is 3.67. The first-order chi connectivity index (χ1) is 3.00. The number of aromatic nitrogens is 2. The topological polar surface area (TPSA) is 25.8 Å². The Morgan fingerprint density at radius 1 is 0.875 bits per heavy atom. The van der Waals surface area contributed by atoms with E-state index in [9.17, 15) is 0 Å². The van der Waals surface area contributed by atoms with Crippen LogP contribution in [-0.2, 0) is 0 Å². The number of rotatable bonds is 0. The summed E-state index contributed by atoms with van der Waals surface area (Å²) in [6.45, 7) is 0. The Hall–Kier alpha value is 0.0400. The van der Waals surface area contributed by atoms with Crippen molar-refractivity contribution in [3.8, 4) is 0 Å². The van der Waals surface area contributed by atoms with E-state index in [0.717, 1.165) is 0 Å². The maximum atomic E-state index is 3.67. The van der Waals surface area contributed by atoms with Crippen molar-refractivity contribution in [2.75, 3.05) is 0 Å². The van der Waals surface area contributed by atoms with Gasteiger partial charge in [-0.1, -0.05) is 0 Å². The van der Waals surface area contributed by atoms with Crippen LogP contribution < -0.4 is 0 Å². The predicted octanol–water partition coefficient (Wildman–Crippen LogP) is 1.63.